The number of hydrogen-bond donors (Lipinski definition) is 1. The topological polar surface area (TPSA) is 55.4 Å². The fraction of sp³-hybridized carbons (Fsp3) is 0.125. The molecule has 0 spiro atoms. The number of rotatable bonds is 5. The molecule has 0 saturated heterocycles. The number of ketones is 1. The van der Waals surface area contributed by atoms with Crippen LogP contribution in [-0.4, -0.2) is 18.3 Å². The largest absolute Gasteiger partial charge is 0.483 e. The SMILES string of the molecule is CC(=O)c1cc(Cl)ccc1OCC(=O)Nc1ccc(F)c(F)c1. The maximum atomic E-state index is 13.1. The number of nitrogens with one attached hydrogen (secondary N) is 1. The van der Waals surface area contributed by atoms with Crippen molar-refractivity contribution in [1.29, 1.82) is 0 Å². The third-order valence-corrected chi connectivity index (χ3v) is 3.12. The van der Waals surface area contributed by atoms with E-state index in [1.54, 1.807) is 0 Å². The third-order valence-electron chi connectivity index (χ3n) is 2.88. The molecule has 1 amide bonds. The van der Waals surface area contributed by atoms with E-state index in [0.717, 1.165) is 12.1 Å². The van der Waals surface area contributed by atoms with E-state index in [0.29, 0.717) is 5.02 Å². The van der Waals surface area contributed by atoms with Gasteiger partial charge in [-0.1, -0.05) is 11.6 Å². The van der Waals surface area contributed by atoms with Crippen molar-refractivity contribution >= 4 is 29.0 Å². The summed E-state index contributed by atoms with van der Waals surface area (Å²) >= 11 is 5.81. The lowest BCUT2D eigenvalue weighted by atomic mass is 10.1. The zero-order valence-electron chi connectivity index (χ0n) is 12.0. The zero-order chi connectivity index (χ0) is 17.0. The highest BCUT2D eigenvalue weighted by Crippen LogP contribution is 2.23. The summed E-state index contributed by atoms with van der Waals surface area (Å²) in [7, 11) is 0. The molecule has 1 N–H and O–H groups in total. The standard InChI is InChI=1S/C16H12ClF2NO3/c1-9(21)12-6-10(17)2-5-15(12)23-8-16(22)20-11-3-4-13(18)14(19)7-11/h2-7H,8H2,1H3,(H,20,22). The van der Waals surface area contributed by atoms with Gasteiger partial charge in [0, 0.05) is 16.8 Å². The van der Waals surface area contributed by atoms with E-state index >= 15 is 0 Å². The Kier molecular flexibility index (Phi) is 5.28. The third kappa shape index (κ3) is 4.50. The summed E-state index contributed by atoms with van der Waals surface area (Å²) in [6.45, 7) is 0.945. The lowest BCUT2D eigenvalue weighted by molar-refractivity contribution is -0.118. The number of halogens is 3. The van der Waals surface area contributed by atoms with Gasteiger partial charge in [0.15, 0.2) is 24.0 Å². The monoisotopic (exact) mass is 339 g/mol. The minimum absolute atomic E-state index is 0.0976. The minimum atomic E-state index is -1.07. The van der Waals surface area contributed by atoms with Crippen molar-refractivity contribution in [2.75, 3.05) is 11.9 Å². The second-order valence-electron chi connectivity index (χ2n) is 4.66. The summed E-state index contributed by atoms with van der Waals surface area (Å²) in [6.07, 6.45) is 0. The van der Waals surface area contributed by atoms with Gasteiger partial charge in [0.25, 0.3) is 5.91 Å². The zero-order valence-corrected chi connectivity index (χ0v) is 12.8. The van der Waals surface area contributed by atoms with E-state index in [4.69, 9.17) is 16.3 Å². The Labute approximate surface area is 136 Å². The molecule has 0 aromatic heterocycles. The minimum Gasteiger partial charge on any atom is -0.483 e. The van der Waals surface area contributed by atoms with Crippen LogP contribution in [0.2, 0.25) is 5.02 Å². The van der Waals surface area contributed by atoms with Gasteiger partial charge in [-0.15, -0.1) is 0 Å². The average molecular weight is 340 g/mol. The highest BCUT2D eigenvalue weighted by Gasteiger charge is 2.12. The van der Waals surface area contributed by atoms with Gasteiger partial charge in [0.2, 0.25) is 0 Å². The van der Waals surface area contributed by atoms with Gasteiger partial charge in [0.1, 0.15) is 5.75 Å². The summed E-state index contributed by atoms with van der Waals surface area (Å²) < 4.78 is 31.1. The van der Waals surface area contributed by atoms with Crippen LogP contribution in [0.3, 0.4) is 0 Å². The highest BCUT2D eigenvalue weighted by atomic mass is 35.5. The van der Waals surface area contributed by atoms with E-state index < -0.39 is 24.1 Å². The van der Waals surface area contributed by atoms with Crippen LogP contribution in [0.4, 0.5) is 14.5 Å². The number of benzene rings is 2. The summed E-state index contributed by atoms with van der Waals surface area (Å²) in [6, 6.07) is 7.42. The molecule has 120 valence electrons. The van der Waals surface area contributed by atoms with Crippen LogP contribution in [0.25, 0.3) is 0 Å². The smallest absolute Gasteiger partial charge is 0.262 e. The molecule has 0 aliphatic rings. The molecule has 7 heteroatoms. The maximum Gasteiger partial charge on any atom is 0.262 e. The van der Waals surface area contributed by atoms with Crippen LogP contribution in [0.5, 0.6) is 5.75 Å². The first-order valence-electron chi connectivity index (χ1n) is 6.55. The predicted molar refractivity (Wildman–Crippen MR) is 81.9 cm³/mol. The first kappa shape index (κ1) is 16.9. The van der Waals surface area contributed by atoms with Gasteiger partial charge < -0.3 is 10.1 Å². The molecule has 0 aliphatic carbocycles. The van der Waals surface area contributed by atoms with Crippen molar-refractivity contribution in [1.82, 2.24) is 0 Å². The molecule has 0 saturated carbocycles. The van der Waals surface area contributed by atoms with Crippen molar-refractivity contribution in [3.8, 4) is 5.75 Å². The highest BCUT2D eigenvalue weighted by molar-refractivity contribution is 6.31. The molecule has 2 aromatic carbocycles. The second kappa shape index (κ2) is 7.19. The Hall–Kier alpha value is -2.47. The van der Waals surface area contributed by atoms with Gasteiger partial charge in [-0.2, -0.15) is 0 Å². The summed E-state index contributed by atoms with van der Waals surface area (Å²) in [5, 5.41) is 2.73. The molecule has 0 aliphatic heterocycles. The van der Waals surface area contributed by atoms with Crippen LogP contribution < -0.4 is 10.1 Å². The number of anilines is 1. The number of amides is 1. The molecule has 0 atom stereocenters. The van der Waals surface area contributed by atoms with E-state index in [9.17, 15) is 18.4 Å². The Morgan fingerprint density at radius 2 is 1.87 bits per heavy atom. The first-order chi connectivity index (χ1) is 10.9. The molecular formula is C16H12ClF2NO3. The van der Waals surface area contributed by atoms with Crippen LogP contribution >= 0.6 is 11.6 Å². The maximum absolute atomic E-state index is 13.1. The van der Waals surface area contributed by atoms with Crippen LogP contribution in [0.1, 0.15) is 17.3 Å². The lowest BCUT2D eigenvalue weighted by Gasteiger charge is -2.10. The molecule has 0 radical (unpaired) electrons. The molecule has 0 heterocycles. The molecular weight excluding hydrogens is 328 g/mol. The van der Waals surface area contributed by atoms with Gasteiger partial charge in [-0.3, -0.25) is 9.59 Å². The summed E-state index contributed by atoms with van der Waals surface area (Å²) in [5.41, 5.74) is 0.346. The van der Waals surface area contributed by atoms with E-state index in [-0.39, 0.29) is 22.8 Å². The van der Waals surface area contributed by atoms with E-state index in [2.05, 4.69) is 5.32 Å². The van der Waals surface area contributed by atoms with Crippen molar-refractivity contribution < 1.29 is 23.1 Å². The normalized spacial score (nSPS) is 10.3. The van der Waals surface area contributed by atoms with Crippen molar-refractivity contribution in [3.05, 3.63) is 58.6 Å². The number of hydrogen-bond acceptors (Lipinski definition) is 3. The Balaban J connectivity index is 2.02. The van der Waals surface area contributed by atoms with Crippen LogP contribution in [0.15, 0.2) is 36.4 Å². The van der Waals surface area contributed by atoms with Crippen LogP contribution in [0, 0.1) is 11.6 Å². The predicted octanol–water partition coefficient (Wildman–Crippen LogP) is 3.84. The Morgan fingerprint density at radius 1 is 1.13 bits per heavy atom. The number of ether oxygens (including phenoxy) is 1. The van der Waals surface area contributed by atoms with Crippen molar-refractivity contribution in [2.45, 2.75) is 6.92 Å². The van der Waals surface area contributed by atoms with Crippen molar-refractivity contribution in [3.63, 3.8) is 0 Å². The molecule has 0 fully saturated rings. The lowest BCUT2D eigenvalue weighted by Crippen LogP contribution is -2.20. The number of carbonyl (C=O) groups is 2. The molecule has 4 nitrogen and oxygen atoms in total. The summed E-state index contributed by atoms with van der Waals surface area (Å²) in [5.74, 6) is -2.71. The fourth-order valence-corrected chi connectivity index (χ4v) is 1.99. The van der Waals surface area contributed by atoms with Gasteiger partial charge in [0.05, 0.1) is 5.56 Å². The first-order valence-corrected chi connectivity index (χ1v) is 6.93. The number of carbonyl (C=O) groups excluding carboxylic acids is 2. The average Bonchev–Trinajstić information content (AvgIpc) is 2.49. The molecule has 2 rings (SSSR count). The Morgan fingerprint density at radius 3 is 2.52 bits per heavy atom. The molecule has 2 aromatic rings. The van der Waals surface area contributed by atoms with E-state index in [1.807, 2.05) is 0 Å². The van der Waals surface area contributed by atoms with Crippen LogP contribution in [-0.2, 0) is 4.79 Å². The fourth-order valence-electron chi connectivity index (χ4n) is 1.82. The van der Waals surface area contributed by atoms with Gasteiger partial charge in [-0.25, -0.2) is 8.78 Å². The summed E-state index contributed by atoms with van der Waals surface area (Å²) in [4.78, 5) is 23.3. The van der Waals surface area contributed by atoms with E-state index in [1.165, 1.54) is 31.2 Å². The van der Waals surface area contributed by atoms with Gasteiger partial charge >= 0.3 is 0 Å². The van der Waals surface area contributed by atoms with Gasteiger partial charge in [-0.05, 0) is 37.3 Å². The number of Topliss-reactive ketones (excluding diaryl/α,β-unsaturated/α-hetero) is 1. The molecule has 0 unspecified atom stereocenters. The molecule has 23 heavy (non-hydrogen) atoms. The Bertz CT molecular complexity index is 765. The van der Waals surface area contributed by atoms with Crippen molar-refractivity contribution in [2.24, 2.45) is 0 Å². The second-order valence-corrected chi connectivity index (χ2v) is 5.10. The molecule has 0 bridgehead atoms. The quantitative estimate of drug-likeness (QED) is 0.842.